The molecule has 2 aliphatic heterocycles. The Morgan fingerprint density at radius 2 is 1.95 bits per heavy atom. The molecule has 1 spiro atoms. The summed E-state index contributed by atoms with van der Waals surface area (Å²) in [4.78, 5) is 2.63. The summed E-state index contributed by atoms with van der Waals surface area (Å²) < 4.78 is 0. The van der Waals surface area contributed by atoms with Gasteiger partial charge in [0.05, 0.1) is 0 Å². The summed E-state index contributed by atoms with van der Waals surface area (Å²) in [5.74, 6) is 0.909. The molecule has 2 aliphatic rings. The minimum absolute atomic E-state index is 0.613. The highest BCUT2D eigenvalue weighted by molar-refractivity contribution is 5.14. The molecule has 0 aliphatic carbocycles. The summed E-state index contributed by atoms with van der Waals surface area (Å²) in [5.41, 5.74) is 2.07. The van der Waals surface area contributed by atoms with Gasteiger partial charge in [0.15, 0.2) is 0 Å². The third-order valence-corrected chi connectivity index (χ3v) is 5.33. The lowest BCUT2D eigenvalue weighted by molar-refractivity contribution is 0.0758. The quantitative estimate of drug-likeness (QED) is 0.897. The van der Waals surface area contributed by atoms with E-state index in [1.165, 1.54) is 51.0 Å². The minimum Gasteiger partial charge on any atom is -0.316 e. The number of rotatable bonds is 3. The van der Waals surface area contributed by atoms with Gasteiger partial charge in [-0.1, -0.05) is 43.7 Å². The zero-order valence-electron chi connectivity index (χ0n) is 12.1. The van der Waals surface area contributed by atoms with Crippen LogP contribution in [0.1, 0.15) is 31.7 Å². The highest BCUT2D eigenvalue weighted by Crippen LogP contribution is 2.43. The van der Waals surface area contributed by atoms with Crippen molar-refractivity contribution in [2.45, 2.75) is 32.7 Å². The van der Waals surface area contributed by atoms with E-state index in [1.807, 2.05) is 0 Å². The second-order valence-electron chi connectivity index (χ2n) is 6.36. The second kappa shape index (κ2) is 5.64. The number of nitrogens with one attached hydrogen (secondary N) is 1. The van der Waals surface area contributed by atoms with E-state index in [2.05, 4.69) is 47.5 Å². The molecule has 104 valence electrons. The Hall–Kier alpha value is -0.860. The molecule has 2 nitrogen and oxygen atoms in total. The summed E-state index contributed by atoms with van der Waals surface area (Å²) in [6, 6.07) is 10.9. The Bertz CT molecular complexity index is 393. The summed E-state index contributed by atoms with van der Waals surface area (Å²) in [5, 5.41) is 3.63. The van der Waals surface area contributed by atoms with E-state index >= 15 is 0 Å². The van der Waals surface area contributed by atoms with Gasteiger partial charge in [-0.2, -0.15) is 0 Å². The van der Waals surface area contributed by atoms with Crippen LogP contribution in [0, 0.1) is 11.3 Å². The van der Waals surface area contributed by atoms with Gasteiger partial charge in [0.25, 0.3) is 0 Å². The van der Waals surface area contributed by atoms with Crippen LogP contribution in [0.5, 0.6) is 0 Å². The van der Waals surface area contributed by atoms with E-state index in [-0.39, 0.29) is 0 Å². The van der Waals surface area contributed by atoms with Crippen molar-refractivity contribution in [2.75, 3.05) is 26.2 Å². The van der Waals surface area contributed by atoms with Crippen LogP contribution in [-0.2, 0) is 6.54 Å². The molecule has 19 heavy (non-hydrogen) atoms. The maximum absolute atomic E-state index is 3.63. The first-order valence-electron chi connectivity index (χ1n) is 7.79. The monoisotopic (exact) mass is 258 g/mol. The van der Waals surface area contributed by atoms with Crippen LogP contribution in [0.25, 0.3) is 0 Å². The Morgan fingerprint density at radius 3 is 2.63 bits per heavy atom. The molecule has 2 heteroatoms. The first kappa shape index (κ1) is 13.1. The predicted octanol–water partition coefficient (Wildman–Crippen LogP) is 2.90. The summed E-state index contributed by atoms with van der Waals surface area (Å²) in [7, 11) is 0. The standard InChI is InChI=1S/C17H26N2/c1-2-16-12-18-14-17(16)8-10-19(11-9-17)13-15-6-4-3-5-7-15/h3-7,16,18H,2,8-14H2,1H3. The van der Waals surface area contributed by atoms with E-state index < -0.39 is 0 Å². The topological polar surface area (TPSA) is 15.3 Å². The first-order chi connectivity index (χ1) is 9.32. The fourth-order valence-corrected chi connectivity index (χ4v) is 4.02. The van der Waals surface area contributed by atoms with Crippen LogP contribution in [0.3, 0.4) is 0 Å². The first-order valence-corrected chi connectivity index (χ1v) is 7.79. The SMILES string of the molecule is CCC1CNCC12CCN(Cc1ccccc1)CC2. The minimum atomic E-state index is 0.613. The number of benzene rings is 1. The third-order valence-electron chi connectivity index (χ3n) is 5.33. The highest BCUT2D eigenvalue weighted by Gasteiger charge is 2.43. The van der Waals surface area contributed by atoms with Gasteiger partial charge in [-0.15, -0.1) is 0 Å². The van der Waals surface area contributed by atoms with Gasteiger partial charge in [0.2, 0.25) is 0 Å². The number of piperidine rings is 1. The predicted molar refractivity (Wildman–Crippen MR) is 80.0 cm³/mol. The number of hydrogen-bond donors (Lipinski definition) is 1. The molecule has 1 atom stereocenters. The van der Waals surface area contributed by atoms with Crippen molar-refractivity contribution in [3.63, 3.8) is 0 Å². The van der Waals surface area contributed by atoms with Crippen molar-refractivity contribution in [1.29, 1.82) is 0 Å². The number of nitrogens with zero attached hydrogens (tertiary/aromatic N) is 1. The van der Waals surface area contributed by atoms with Gasteiger partial charge in [-0.25, -0.2) is 0 Å². The van der Waals surface area contributed by atoms with E-state index in [9.17, 15) is 0 Å². The molecule has 0 aromatic heterocycles. The molecule has 0 bridgehead atoms. The fraction of sp³-hybridized carbons (Fsp3) is 0.647. The van der Waals surface area contributed by atoms with Crippen LogP contribution in [0.15, 0.2) is 30.3 Å². The third kappa shape index (κ3) is 2.70. The maximum atomic E-state index is 3.63. The van der Waals surface area contributed by atoms with Crippen LogP contribution < -0.4 is 5.32 Å². The fourth-order valence-electron chi connectivity index (χ4n) is 4.02. The highest BCUT2D eigenvalue weighted by atomic mass is 15.1. The normalized spacial score (nSPS) is 26.9. The Morgan fingerprint density at radius 1 is 1.21 bits per heavy atom. The van der Waals surface area contributed by atoms with Crippen LogP contribution in [0.4, 0.5) is 0 Å². The smallest absolute Gasteiger partial charge is 0.0233 e. The lowest BCUT2D eigenvalue weighted by Gasteiger charge is -2.42. The number of hydrogen-bond acceptors (Lipinski definition) is 2. The molecule has 3 rings (SSSR count). The molecule has 2 heterocycles. The van der Waals surface area contributed by atoms with Gasteiger partial charge in [-0.3, -0.25) is 4.90 Å². The van der Waals surface area contributed by atoms with E-state index in [4.69, 9.17) is 0 Å². The van der Waals surface area contributed by atoms with Gasteiger partial charge < -0.3 is 5.32 Å². The Labute approximate surface area is 117 Å². The van der Waals surface area contributed by atoms with Gasteiger partial charge in [0, 0.05) is 13.1 Å². The molecule has 1 unspecified atom stereocenters. The van der Waals surface area contributed by atoms with Crippen LogP contribution in [-0.4, -0.2) is 31.1 Å². The van der Waals surface area contributed by atoms with E-state index in [1.54, 1.807) is 0 Å². The maximum Gasteiger partial charge on any atom is 0.0233 e. The molecule has 1 aromatic carbocycles. The Balaban J connectivity index is 1.58. The zero-order valence-corrected chi connectivity index (χ0v) is 12.1. The summed E-state index contributed by atoms with van der Waals surface area (Å²) in [6.45, 7) is 8.52. The molecule has 0 amide bonds. The van der Waals surface area contributed by atoms with Gasteiger partial charge >= 0.3 is 0 Å². The average Bonchev–Trinajstić information content (AvgIpc) is 2.85. The molecule has 1 aromatic rings. The van der Waals surface area contributed by atoms with Crippen molar-refractivity contribution < 1.29 is 0 Å². The number of likely N-dealkylation sites (tertiary alicyclic amines) is 1. The van der Waals surface area contributed by atoms with Crippen LogP contribution >= 0.6 is 0 Å². The largest absolute Gasteiger partial charge is 0.316 e. The Kier molecular flexibility index (Phi) is 3.90. The lowest BCUT2D eigenvalue weighted by Crippen LogP contribution is -2.43. The molecule has 0 saturated carbocycles. The van der Waals surface area contributed by atoms with Crippen LogP contribution in [0.2, 0.25) is 0 Å². The van der Waals surface area contributed by atoms with Crippen molar-refractivity contribution in [1.82, 2.24) is 10.2 Å². The second-order valence-corrected chi connectivity index (χ2v) is 6.36. The van der Waals surface area contributed by atoms with Gasteiger partial charge in [0.1, 0.15) is 0 Å². The van der Waals surface area contributed by atoms with Crippen molar-refractivity contribution >= 4 is 0 Å². The molecule has 1 N–H and O–H groups in total. The molecule has 2 fully saturated rings. The van der Waals surface area contributed by atoms with E-state index in [0.717, 1.165) is 12.5 Å². The molecular weight excluding hydrogens is 232 g/mol. The molecule has 2 saturated heterocycles. The summed E-state index contributed by atoms with van der Waals surface area (Å²) >= 11 is 0. The van der Waals surface area contributed by atoms with Crippen molar-refractivity contribution in [2.24, 2.45) is 11.3 Å². The molecule has 0 radical (unpaired) electrons. The summed E-state index contributed by atoms with van der Waals surface area (Å²) in [6.07, 6.45) is 4.10. The van der Waals surface area contributed by atoms with Crippen molar-refractivity contribution in [3.8, 4) is 0 Å². The lowest BCUT2D eigenvalue weighted by atomic mass is 9.70. The molecular formula is C17H26N2. The average molecular weight is 258 g/mol. The van der Waals surface area contributed by atoms with Gasteiger partial charge in [-0.05, 0) is 49.4 Å². The zero-order chi connectivity index (χ0) is 13.1. The van der Waals surface area contributed by atoms with E-state index in [0.29, 0.717) is 5.41 Å². The van der Waals surface area contributed by atoms with Crippen molar-refractivity contribution in [3.05, 3.63) is 35.9 Å².